The van der Waals surface area contributed by atoms with E-state index in [2.05, 4.69) is 4.74 Å². The number of nitrogen functional groups attached to an aromatic ring is 1. The van der Waals surface area contributed by atoms with Crippen molar-refractivity contribution in [2.24, 2.45) is 5.84 Å². The molecule has 0 aliphatic heterocycles. The third-order valence-corrected chi connectivity index (χ3v) is 3.80. The lowest BCUT2D eigenvalue weighted by Gasteiger charge is -2.18. The Labute approximate surface area is 116 Å². The van der Waals surface area contributed by atoms with E-state index in [4.69, 9.17) is 5.84 Å². The molecule has 1 aromatic carbocycles. The molecular weight excluding hydrogens is 286 g/mol. The Kier molecular flexibility index (Phi) is 4.69. The average molecular weight is 301 g/mol. The summed E-state index contributed by atoms with van der Waals surface area (Å²) in [5.74, 6) is 3.68. The number of nitrogens with one attached hydrogen (secondary N) is 1. The molecule has 0 saturated heterocycles. The van der Waals surface area contributed by atoms with Crippen molar-refractivity contribution < 1.29 is 22.7 Å². The van der Waals surface area contributed by atoms with Crippen molar-refractivity contribution in [3.63, 3.8) is 0 Å². The van der Waals surface area contributed by atoms with Crippen molar-refractivity contribution in [3.05, 3.63) is 29.3 Å². The zero-order valence-corrected chi connectivity index (χ0v) is 12.0. The van der Waals surface area contributed by atoms with Crippen LogP contribution in [0.4, 0.5) is 5.69 Å². The van der Waals surface area contributed by atoms with Gasteiger partial charge in [0.15, 0.2) is 0 Å². The molecule has 0 radical (unpaired) electrons. The standard InChI is InChI=1S/C11H15N3O5S/c1-14(20(3,17)18)9-5-7(10(15)13-12)4-8(6-9)11(16)19-2/h4-6H,12H2,1-3H3,(H,13,15). The third kappa shape index (κ3) is 3.45. The molecule has 0 saturated carbocycles. The molecule has 1 aromatic rings. The molecule has 0 atom stereocenters. The largest absolute Gasteiger partial charge is 0.465 e. The summed E-state index contributed by atoms with van der Waals surface area (Å²) in [4.78, 5) is 23.1. The number of anilines is 1. The minimum atomic E-state index is -3.54. The fourth-order valence-electron chi connectivity index (χ4n) is 1.43. The van der Waals surface area contributed by atoms with E-state index in [0.29, 0.717) is 0 Å². The monoisotopic (exact) mass is 301 g/mol. The fourth-order valence-corrected chi connectivity index (χ4v) is 1.92. The van der Waals surface area contributed by atoms with E-state index >= 15 is 0 Å². The van der Waals surface area contributed by atoms with Gasteiger partial charge in [0.05, 0.1) is 24.6 Å². The van der Waals surface area contributed by atoms with Crippen LogP contribution in [0.3, 0.4) is 0 Å². The molecule has 0 aliphatic rings. The summed E-state index contributed by atoms with van der Waals surface area (Å²) in [5.41, 5.74) is 2.14. The van der Waals surface area contributed by atoms with Gasteiger partial charge >= 0.3 is 5.97 Å². The fraction of sp³-hybridized carbons (Fsp3) is 0.273. The normalized spacial score (nSPS) is 10.8. The number of hydrogen-bond donors (Lipinski definition) is 2. The number of sulfonamides is 1. The summed E-state index contributed by atoms with van der Waals surface area (Å²) in [6.45, 7) is 0. The lowest BCUT2D eigenvalue weighted by atomic mass is 10.1. The second-order valence-corrected chi connectivity index (χ2v) is 5.98. The van der Waals surface area contributed by atoms with Gasteiger partial charge in [0.1, 0.15) is 0 Å². The van der Waals surface area contributed by atoms with Crippen LogP contribution < -0.4 is 15.6 Å². The Balaban J connectivity index is 3.45. The van der Waals surface area contributed by atoms with E-state index in [1.165, 1.54) is 32.4 Å². The summed E-state index contributed by atoms with van der Waals surface area (Å²) < 4.78 is 28.5. The van der Waals surface area contributed by atoms with Crippen LogP contribution in [-0.4, -0.2) is 40.7 Å². The molecule has 0 bridgehead atoms. The Bertz CT molecular complexity index is 607. The first-order valence-electron chi connectivity index (χ1n) is 5.39. The molecule has 0 spiro atoms. The van der Waals surface area contributed by atoms with Crippen LogP contribution >= 0.6 is 0 Å². The molecule has 0 heterocycles. The van der Waals surface area contributed by atoms with Gasteiger partial charge in [-0.3, -0.25) is 14.5 Å². The second kappa shape index (κ2) is 5.88. The Morgan fingerprint density at radius 3 is 2.25 bits per heavy atom. The van der Waals surface area contributed by atoms with E-state index in [-0.39, 0.29) is 16.8 Å². The average Bonchev–Trinajstić information content (AvgIpc) is 2.43. The highest BCUT2D eigenvalue weighted by Crippen LogP contribution is 2.21. The first-order valence-corrected chi connectivity index (χ1v) is 7.23. The van der Waals surface area contributed by atoms with Gasteiger partial charge in [-0.15, -0.1) is 0 Å². The summed E-state index contributed by atoms with van der Waals surface area (Å²) in [6, 6.07) is 3.86. The molecule has 1 amide bonds. The van der Waals surface area contributed by atoms with Gasteiger partial charge in [-0.25, -0.2) is 19.1 Å². The van der Waals surface area contributed by atoms with Crippen LogP contribution in [0.5, 0.6) is 0 Å². The molecule has 0 aliphatic carbocycles. The number of nitrogens with zero attached hydrogens (tertiary/aromatic N) is 1. The molecule has 20 heavy (non-hydrogen) atoms. The van der Waals surface area contributed by atoms with E-state index < -0.39 is 21.9 Å². The molecule has 3 N–H and O–H groups in total. The molecule has 9 heteroatoms. The van der Waals surface area contributed by atoms with Crippen LogP contribution in [0.1, 0.15) is 20.7 Å². The molecule has 0 fully saturated rings. The minimum absolute atomic E-state index is 0.0408. The molecular formula is C11H15N3O5S. The van der Waals surface area contributed by atoms with Crippen molar-refractivity contribution in [1.82, 2.24) is 5.43 Å². The van der Waals surface area contributed by atoms with Crippen molar-refractivity contribution in [2.45, 2.75) is 0 Å². The minimum Gasteiger partial charge on any atom is -0.465 e. The summed E-state index contributed by atoms with van der Waals surface area (Å²) in [6.07, 6.45) is 1.00. The number of carbonyl (C=O) groups excluding carboxylic acids is 2. The smallest absolute Gasteiger partial charge is 0.337 e. The zero-order chi connectivity index (χ0) is 15.5. The second-order valence-electron chi connectivity index (χ2n) is 3.96. The van der Waals surface area contributed by atoms with Gasteiger partial charge in [0.2, 0.25) is 10.0 Å². The van der Waals surface area contributed by atoms with Crippen molar-refractivity contribution in [3.8, 4) is 0 Å². The maximum absolute atomic E-state index is 11.5. The number of carbonyl (C=O) groups is 2. The zero-order valence-electron chi connectivity index (χ0n) is 11.2. The number of nitrogens with two attached hydrogens (primary N) is 1. The summed E-state index contributed by atoms with van der Waals surface area (Å²) >= 11 is 0. The van der Waals surface area contributed by atoms with Crippen molar-refractivity contribution in [1.29, 1.82) is 0 Å². The van der Waals surface area contributed by atoms with Crippen molar-refractivity contribution >= 4 is 27.6 Å². The van der Waals surface area contributed by atoms with Crippen LogP contribution in [-0.2, 0) is 14.8 Å². The van der Waals surface area contributed by atoms with E-state index in [9.17, 15) is 18.0 Å². The van der Waals surface area contributed by atoms with Crippen molar-refractivity contribution in [2.75, 3.05) is 24.7 Å². The number of esters is 1. The highest BCUT2D eigenvalue weighted by Gasteiger charge is 2.18. The first-order chi connectivity index (χ1) is 9.20. The topological polar surface area (TPSA) is 119 Å². The number of rotatable bonds is 4. The Morgan fingerprint density at radius 2 is 1.80 bits per heavy atom. The predicted octanol–water partition coefficient (Wildman–Crippen LogP) is -0.527. The van der Waals surface area contributed by atoms with Gasteiger partial charge in [0, 0.05) is 12.6 Å². The number of benzene rings is 1. The molecule has 8 nitrogen and oxygen atoms in total. The summed E-state index contributed by atoms with van der Waals surface area (Å²) in [5, 5.41) is 0. The molecule has 0 aromatic heterocycles. The number of ether oxygens (including phenoxy) is 1. The lowest BCUT2D eigenvalue weighted by Crippen LogP contribution is -2.31. The number of hydrazine groups is 1. The first kappa shape index (κ1) is 15.9. The molecule has 1 rings (SSSR count). The SMILES string of the molecule is COC(=O)c1cc(C(=O)NN)cc(N(C)S(C)(=O)=O)c1. The van der Waals surface area contributed by atoms with Crippen LogP contribution in [0, 0.1) is 0 Å². The molecule has 110 valence electrons. The van der Waals surface area contributed by atoms with Crippen LogP contribution in [0.2, 0.25) is 0 Å². The third-order valence-electron chi connectivity index (χ3n) is 2.59. The van der Waals surface area contributed by atoms with E-state index in [1.807, 2.05) is 5.43 Å². The van der Waals surface area contributed by atoms with E-state index in [0.717, 1.165) is 10.6 Å². The maximum Gasteiger partial charge on any atom is 0.337 e. The van der Waals surface area contributed by atoms with Gasteiger partial charge in [-0.2, -0.15) is 0 Å². The predicted molar refractivity (Wildman–Crippen MR) is 72.7 cm³/mol. The summed E-state index contributed by atoms with van der Waals surface area (Å²) in [7, 11) is -1.06. The highest BCUT2D eigenvalue weighted by atomic mass is 32.2. The van der Waals surface area contributed by atoms with Gasteiger partial charge in [-0.1, -0.05) is 0 Å². The van der Waals surface area contributed by atoms with Gasteiger partial charge in [0.25, 0.3) is 5.91 Å². The van der Waals surface area contributed by atoms with Crippen LogP contribution in [0.15, 0.2) is 18.2 Å². The molecule has 0 unspecified atom stereocenters. The quantitative estimate of drug-likeness (QED) is 0.334. The van der Waals surface area contributed by atoms with E-state index in [1.54, 1.807) is 0 Å². The number of hydrogen-bond acceptors (Lipinski definition) is 6. The van der Waals surface area contributed by atoms with Crippen LogP contribution in [0.25, 0.3) is 0 Å². The number of amides is 1. The lowest BCUT2D eigenvalue weighted by molar-refractivity contribution is 0.0600. The van der Waals surface area contributed by atoms with Gasteiger partial charge < -0.3 is 4.74 Å². The Hall–Kier alpha value is -2.13. The highest BCUT2D eigenvalue weighted by molar-refractivity contribution is 7.92. The number of methoxy groups -OCH3 is 1. The maximum atomic E-state index is 11.5. The Morgan fingerprint density at radius 1 is 1.25 bits per heavy atom. The van der Waals surface area contributed by atoms with Gasteiger partial charge in [-0.05, 0) is 18.2 Å².